The molecule has 45 heavy (non-hydrogen) atoms. The van der Waals surface area contributed by atoms with Gasteiger partial charge in [-0.05, 0) is 48.2 Å². The van der Waals surface area contributed by atoms with E-state index < -0.39 is 28.5 Å². The van der Waals surface area contributed by atoms with Crippen LogP contribution in [0, 0.1) is 12.8 Å². The monoisotopic (exact) mass is 627 g/mol. The van der Waals surface area contributed by atoms with Crippen molar-refractivity contribution in [3.63, 3.8) is 0 Å². The van der Waals surface area contributed by atoms with E-state index in [4.69, 9.17) is 4.74 Å². The summed E-state index contributed by atoms with van der Waals surface area (Å²) < 4.78 is 34.8. The quantitative estimate of drug-likeness (QED) is 0.196. The van der Waals surface area contributed by atoms with Gasteiger partial charge in [-0.25, -0.2) is 8.42 Å². The number of benzene rings is 4. The number of anilines is 1. The van der Waals surface area contributed by atoms with Crippen LogP contribution in [-0.2, 0) is 32.6 Å². The molecule has 1 N–H and O–H groups in total. The largest absolute Gasteiger partial charge is 0.497 e. The van der Waals surface area contributed by atoms with Crippen molar-refractivity contribution in [2.24, 2.45) is 5.92 Å². The predicted molar refractivity (Wildman–Crippen MR) is 177 cm³/mol. The van der Waals surface area contributed by atoms with E-state index in [-0.39, 0.29) is 35.4 Å². The molecule has 0 unspecified atom stereocenters. The zero-order chi connectivity index (χ0) is 32.4. The molecular formula is C36H41N3O5S. The third-order valence-corrected chi connectivity index (χ3v) is 9.17. The lowest BCUT2D eigenvalue weighted by atomic mass is 10.0. The van der Waals surface area contributed by atoms with Gasteiger partial charge in [-0.3, -0.25) is 13.9 Å². The second kappa shape index (κ2) is 15.4. The first kappa shape index (κ1) is 33.3. The lowest BCUT2D eigenvalue weighted by Crippen LogP contribution is -2.53. The van der Waals surface area contributed by atoms with Gasteiger partial charge < -0.3 is 15.0 Å². The number of ether oxygens (including phenoxy) is 1. The average Bonchev–Trinajstić information content (AvgIpc) is 3.05. The molecule has 0 aliphatic heterocycles. The highest BCUT2D eigenvalue weighted by Crippen LogP contribution is 2.28. The summed E-state index contributed by atoms with van der Waals surface area (Å²) in [5, 5.41) is 3.00. The van der Waals surface area contributed by atoms with Crippen LogP contribution in [0.5, 0.6) is 5.75 Å². The second-order valence-corrected chi connectivity index (χ2v) is 13.2. The Balaban J connectivity index is 1.79. The molecule has 0 aliphatic carbocycles. The number of nitrogens with zero attached hydrogens (tertiary/aromatic N) is 2. The number of rotatable bonds is 14. The van der Waals surface area contributed by atoms with Crippen molar-refractivity contribution in [3.05, 3.63) is 126 Å². The lowest BCUT2D eigenvalue weighted by molar-refractivity contribution is -0.140. The van der Waals surface area contributed by atoms with Crippen molar-refractivity contribution < 1.29 is 22.7 Å². The average molecular weight is 628 g/mol. The number of carbonyl (C=O) groups excluding carboxylic acids is 2. The SMILES string of the molecule is COc1cccc(N(CC(=O)N(Cc2ccccc2)[C@H](Cc2ccccc2)C(=O)NCC(C)C)S(=O)(=O)c2ccc(C)cc2)c1. The van der Waals surface area contributed by atoms with Gasteiger partial charge in [-0.1, -0.05) is 98.3 Å². The minimum absolute atomic E-state index is 0.0499. The topological polar surface area (TPSA) is 96.0 Å². The molecular weight excluding hydrogens is 586 g/mol. The molecule has 0 spiro atoms. The van der Waals surface area contributed by atoms with Gasteiger partial charge in [0, 0.05) is 25.6 Å². The summed E-state index contributed by atoms with van der Waals surface area (Å²) in [7, 11) is -2.70. The van der Waals surface area contributed by atoms with Gasteiger partial charge in [-0.2, -0.15) is 0 Å². The van der Waals surface area contributed by atoms with Crippen LogP contribution in [-0.4, -0.2) is 51.4 Å². The van der Waals surface area contributed by atoms with E-state index in [9.17, 15) is 18.0 Å². The van der Waals surface area contributed by atoms with Crippen LogP contribution in [0.15, 0.2) is 114 Å². The summed E-state index contributed by atoms with van der Waals surface area (Å²) in [6, 6.07) is 31.1. The zero-order valence-electron chi connectivity index (χ0n) is 26.2. The molecule has 0 fully saturated rings. The molecule has 8 nitrogen and oxygen atoms in total. The molecule has 4 aromatic rings. The Morgan fingerprint density at radius 3 is 2.04 bits per heavy atom. The maximum absolute atomic E-state index is 14.5. The van der Waals surface area contributed by atoms with E-state index >= 15 is 0 Å². The molecule has 0 bridgehead atoms. The van der Waals surface area contributed by atoms with Gasteiger partial charge in [-0.15, -0.1) is 0 Å². The first-order valence-corrected chi connectivity index (χ1v) is 16.4. The summed E-state index contributed by atoms with van der Waals surface area (Å²) >= 11 is 0. The molecule has 0 aromatic heterocycles. The summed E-state index contributed by atoms with van der Waals surface area (Å²) in [4.78, 5) is 29.9. The summed E-state index contributed by atoms with van der Waals surface area (Å²) in [6.45, 7) is 5.90. The maximum atomic E-state index is 14.5. The summed E-state index contributed by atoms with van der Waals surface area (Å²) in [5.41, 5.74) is 2.87. The fourth-order valence-corrected chi connectivity index (χ4v) is 6.29. The van der Waals surface area contributed by atoms with Crippen molar-refractivity contribution in [2.45, 2.75) is 44.7 Å². The Morgan fingerprint density at radius 2 is 1.44 bits per heavy atom. The highest BCUT2D eigenvalue weighted by molar-refractivity contribution is 7.92. The summed E-state index contributed by atoms with van der Waals surface area (Å²) in [6.07, 6.45) is 0.257. The van der Waals surface area contributed by atoms with Gasteiger partial charge in [0.15, 0.2) is 0 Å². The van der Waals surface area contributed by atoms with E-state index in [0.717, 1.165) is 21.0 Å². The molecule has 1 atom stereocenters. The van der Waals surface area contributed by atoms with Gasteiger partial charge in [0.25, 0.3) is 10.0 Å². The Kier molecular flexibility index (Phi) is 11.4. The van der Waals surface area contributed by atoms with E-state index in [1.54, 1.807) is 36.4 Å². The van der Waals surface area contributed by atoms with Gasteiger partial charge >= 0.3 is 0 Å². The van der Waals surface area contributed by atoms with Gasteiger partial charge in [0.05, 0.1) is 17.7 Å². The summed E-state index contributed by atoms with van der Waals surface area (Å²) in [5.74, 6) is -0.169. The molecule has 0 saturated carbocycles. The minimum atomic E-state index is -4.19. The van der Waals surface area contributed by atoms with Crippen molar-refractivity contribution in [1.29, 1.82) is 0 Å². The third-order valence-electron chi connectivity index (χ3n) is 7.38. The molecule has 0 heterocycles. The highest BCUT2D eigenvalue weighted by Gasteiger charge is 2.34. The van der Waals surface area contributed by atoms with E-state index in [0.29, 0.717) is 12.3 Å². The Morgan fingerprint density at radius 1 is 0.822 bits per heavy atom. The van der Waals surface area contributed by atoms with E-state index in [1.807, 2.05) is 81.4 Å². The number of hydrogen-bond donors (Lipinski definition) is 1. The molecule has 4 aromatic carbocycles. The number of amides is 2. The Bertz CT molecular complexity index is 1660. The number of nitrogens with one attached hydrogen (secondary N) is 1. The first-order chi connectivity index (χ1) is 21.6. The molecule has 9 heteroatoms. The smallest absolute Gasteiger partial charge is 0.264 e. The lowest BCUT2D eigenvalue weighted by Gasteiger charge is -2.34. The Labute approximate surface area is 266 Å². The van der Waals surface area contributed by atoms with Crippen molar-refractivity contribution in [2.75, 3.05) is 24.5 Å². The molecule has 236 valence electrons. The molecule has 4 rings (SSSR count). The van der Waals surface area contributed by atoms with Crippen molar-refractivity contribution >= 4 is 27.5 Å². The molecule has 0 saturated heterocycles. The van der Waals surface area contributed by atoms with Crippen LogP contribution < -0.4 is 14.4 Å². The van der Waals surface area contributed by atoms with Crippen LogP contribution in [0.25, 0.3) is 0 Å². The number of methoxy groups -OCH3 is 1. The van der Waals surface area contributed by atoms with Gasteiger partial charge in [0.1, 0.15) is 18.3 Å². The van der Waals surface area contributed by atoms with Crippen LogP contribution in [0.2, 0.25) is 0 Å². The van der Waals surface area contributed by atoms with E-state index in [2.05, 4.69) is 5.32 Å². The number of hydrogen-bond acceptors (Lipinski definition) is 5. The predicted octanol–water partition coefficient (Wildman–Crippen LogP) is 5.61. The number of carbonyl (C=O) groups is 2. The standard InChI is InChI=1S/C36H41N3O5S/c1-27(2)24-37-36(41)34(22-29-12-7-5-8-13-29)38(25-30-14-9-6-10-15-30)35(40)26-39(31-16-11-17-32(23-31)44-4)45(42,43)33-20-18-28(3)19-21-33/h5-21,23,27,34H,22,24-26H2,1-4H3,(H,37,41)/t34-/m1/s1. The number of aryl methyl sites for hydroxylation is 1. The van der Waals surface area contributed by atoms with E-state index in [1.165, 1.54) is 24.1 Å². The van der Waals surface area contributed by atoms with Crippen molar-refractivity contribution in [3.8, 4) is 5.75 Å². The first-order valence-electron chi connectivity index (χ1n) is 15.0. The van der Waals surface area contributed by atoms with Crippen LogP contribution in [0.3, 0.4) is 0 Å². The zero-order valence-corrected chi connectivity index (χ0v) is 27.0. The molecule has 2 amide bonds. The third kappa shape index (κ3) is 8.95. The maximum Gasteiger partial charge on any atom is 0.264 e. The molecule has 0 aliphatic rings. The normalized spacial score (nSPS) is 11.9. The Hall–Kier alpha value is -4.63. The molecule has 0 radical (unpaired) electrons. The van der Waals surface area contributed by atoms with Crippen LogP contribution in [0.1, 0.15) is 30.5 Å². The van der Waals surface area contributed by atoms with Crippen LogP contribution >= 0.6 is 0 Å². The second-order valence-electron chi connectivity index (χ2n) is 11.4. The van der Waals surface area contributed by atoms with Crippen molar-refractivity contribution in [1.82, 2.24) is 10.2 Å². The minimum Gasteiger partial charge on any atom is -0.497 e. The van der Waals surface area contributed by atoms with Gasteiger partial charge in [0.2, 0.25) is 11.8 Å². The highest BCUT2D eigenvalue weighted by atomic mass is 32.2. The van der Waals surface area contributed by atoms with Crippen LogP contribution in [0.4, 0.5) is 5.69 Å². The number of sulfonamides is 1. The fraction of sp³-hybridized carbons (Fsp3) is 0.278. The fourth-order valence-electron chi connectivity index (χ4n) is 4.89.